The van der Waals surface area contributed by atoms with Gasteiger partial charge in [-0.15, -0.1) is 0 Å². The van der Waals surface area contributed by atoms with Gasteiger partial charge in [0.25, 0.3) is 0 Å². The van der Waals surface area contributed by atoms with Crippen LogP contribution in [0.5, 0.6) is 0 Å². The van der Waals surface area contributed by atoms with Crippen LogP contribution in [-0.2, 0) is 14.3 Å². The molecule has 1 N–H and O–H groups in total. The predicted molar refractivity (Wildman–Crippen MR) is 113 cm³/mol. The van der Waals surface area contributed by atoms with Crippen LogP contribution in [0.2, 0.25) is 0 Å². The summed E-state index contributed by atoms with van der Waals surface area (Å²) >= 11 is 0. The number of carbonyl (C=O) groups excluding carboxylic acids is 1. The molecule has 6 nitrogen and oxygen atoms in total. The molecule has 2 saturated heterocycles. The zero-order valence-corrected chi connectivity index (χ0v) is 18.0. The van der Waals surface area contributed by atoms with E-state index in [0.29, 0.717) is 43.1 Å². The Bertz CT molecular complexity index is 782. The van der Waals surface area contributed by atoms with Gasteiger partial charge in [0.15, 0.2) is 5.60 Å². The van der Waals surface area contributed by atoms with Gasteiger partial charge in [0.05, 0.1) is 18.8 Å². The fourth-order valence-corrected chi connectivity index (χ4v) is 5.40. The SMILES string of the molecule is CCOC(=O)c1cccc([C@H]2CCN([C@@H]3CC[C@@](C(=O)O)(C4CC4)OC3)C[C@@H]2C)c1. The van der Waals surface area contributed by atoms with E-state index < -0.39 is 11.6 Å². The molecule has 0 unspecified atom stereocenters. The minimum absolute atomic E-state index is 0.201. The van der Waals surface area contributed by atoms with Crippen LogP contribution in [0.25, 0.3) is 0 Å². The lowest BCUT2D eigenvalue weighted by Crippen LogP contribution is -2.55. The number of hydrogen-bond acceptors (Lipinski definition) is 5. The van der Waals surface area contributed by atoms with Crippen LogP contribution in [0.4, 0.5) is 0 Å². The van der Waals surface area contributed by atoms with E-state index in [1.54, 1.807) is 0 Å². The third kappa shape index (κ3) is 4.12. The Morgan fingerprint density at radius 1 is 1.27 bits per heavy atom. The van der Waals surface area contributed by atoms with Gasteiger partial charge in [-0.3, -0.25) is 4.90 Å². The fraction of sp³-hybridized carbons (Fsp3) is 0.667. The molecule has 0 radical (unpaired) electrons. The monoisotopic (exact) mass is 415 g/mol. The van der Waals surface area contributed by atoms with Gasteiger partial charge in [-0.25, -0.2) is 9.59 Å². The maximum Gasteiger partial charge on any atom is 0.338 e. The van der Waals surface area contributed by atoms with Crippen molar-refractivity contribution in [3.8, 4) is 0 Å². The molecule has 1 aromatic carbocycles. The molecule has 4 atom stereocenters. The Balaban J connectivity index is 1.37. The zero-order valence-electron chi connectivity index (χ0n) is 18.0. The first-order valence-electron chi connectivity index (χ1n) is 11.3. The third-order valence-corrected chi connectivity index (χ3v) is 7.26. The number of esters is 1. The first kappa shape index (κ1) is 21.3. The van der Waals surface area contributed by atoms with Gasteiger partial charge in [-0.05, 0) is 81.0 Å². The number of nitrogens with zero attached hydrogens (tertiary/aromatic N) is 1. The van der Waals surface area contributed by atoms with Gasteiger partial charge >= 0.3 is 11.9 Å². The van der Waals surface area contributed by atoms with Crippen molar-refractivity contribution in [3.63, 3.8) is 0 Å². The van der Waals surface area contributed by atoms with Gasteiger partial charge in [-0.1, -0.05) is 19.1 Å². The van der Waals surface area contributed by atoms with E-state index in [-0.39, 0.29) is 11.9 Å². The molecule has 6 heteroatoms. The zero-order chi connectivity index (χ0) is 21.3. The third-order valence-electron chi connectivity index (χ3n) is 7.26. The van der Waals surface area contributed by atoms with Gasteiger partial charge in [0, 0.05) is 12.6 Å². The van der Waals surface area contributed by atoms with Crippen LogP contribution in [0.1, 0.15) is 67.8 Å². The van der Waals surface area contributed by atoms with Crippen LogP contribution < -0.4 is 0 Å². The van der Waals surface area contributed by atoms with E-state index in [0.717, 1.165) is 38.8 Å². The second-order valence-electron chi connectivity index (χ2n) is 9.19. The van der Waals surface area contributed by atoms with Crippen molar-refractivity contribution in [2.45, 2.75) is 63.5 Å². The number of piperidine rings is 1. The summed E-state index contributed by atoms with van der Waals surface area (Å²) in [7, 11) is 0. The van der Waals surface area contributed by atoms with Crippen molar-refractivity contribution in [1.82, 2.24) is 4.90 Å². The second kappa shape index (κ2) is 8.67. The van der Waals surface area contributed by atoms with Crippen molar-refractivity contribution in [2.75, 3.05) is 26.3 Å². The Hall–Kier alpha value is -1.92. The van der Waals surface area contributed by atoms with Crippen molar-refractivity contribution in [3.05, 3.63) is 35.4 Å². The molecule has 0 amide bonds. The van der Waals surface area contributed by atoms with E-state index in [4.69, 9.17) is 9.47 Å². The molecule has 0 spiro atoms. The summed E-state index contributed by atoms with van der Waals surface area (Å²) in [5, 5.41) is 9.72. The molecule has 1 aromatic rings. The molecule has 3 fully saturated rings. The Kier molecular flexibility index (Phi) is 6.16. The largest absolute Gasteiger partial charge is 0.479 e. The van der Waals surface area contributed by atoms with E-state index in [1.165, 1.54) is 5.56 Å². The molecule has 0 aromatic heterocycles. The molecule has 1 saturated carbocycles. The average molecular weight is 416 g/mol. The first-order valence-corrected chi connectivity index (χ1v) is 11.3. The van der Waals surface area contributed by atoms with Gasteiger partial charge in [-0.2, -0.15) is 0 Å². The van der Waals surface area contributed by atoms with Crippen molar-refractivity contribution in [2.24, 2.45) is 11.8 Å². The van der Waals surface area contributed by atoms with Gasteiger partial charge < -0.3 is 14.6 Å². The lowest BCUT2D eigenvalue weighted by atomic mass is 9.80. The normalized spacial score (nSPS) is 32.5. The van der Waals surface area contributed by atoms with Crippen molar-refractivity contribution < 1.29 is 24.2 Å². The van der Waals surface area contributed by atoms with Gasteiger partial charge in [0.1, 0.15) is 0 Å². The molecular formula is C24H33NO5. The van der Waals surface area contributed by atoms with E-state index in [1.807, 2.05) is 25.1 Å². The topological polar surface area (TPSA) is 76.1 Å². The molecule has 30 heavy (non-hydrogen) atoms. The smallest absolute Gasteiger partial charge is 0.338 e. The maximum absolute atomic E-state index is 12.1. The number of aliphatic carboxylic acids is 1. The number of ether oxygens (including phenoxy) is 2. The minimum atomic E-state index is -0.937. The van der Waals surface area contributed by atoms with Crippen LogP contribution >= 0.6 is 0 Å². The lowest BCUT2D eigenvalue weighted by molar-refractivity contribution is -0.183. The summed E-state index contributed by atoms with van der Waals surface area (Å²) in [5.41, 5.74) is 0.884. The number of carboxylic acids is 1. The predicted octanol–water partition coefficient (Wildman–Crippen LogP) is 3.70. The average Bonchev–Trinajstić information content (AvgIpc) is 3.60. The Morgan fingerprint density at radius 2 is 2.07 bits per heavy atom. The number of hydrogen-bond donors (Lipinski definition) is 1. The highest BCUT2D eigenvalue weighted by Gasteiger charge is 2.54. The highest BCUT2D eigenvalue weighted by atomic mass is 16.5. The van der Waals surface area contributed by atoms with E-state index >= 15 is 0 Å². The Morgan fingerprint density at radius 3 is 2.67 bits per heavy atom. The van der Waals surface area contributed by atoms with Crippen LogP contribution in [0.15, 0.2) is 24.3 Å². The minimum Gasteiger partial charge on any atom is -0.479 e. The summed E-state index contributed by atoms with van der Waals surface area (Å²) in [6.07, 6.45) is 4.48. The van der Waals surface area contributed by atoms with Crippen LogP contribution in [0.3, 0.4) is 0 Å². The highest BCUT2D eigenvalue weighted by Crippen LogP contribution is 2.47. The second-order valence-corrected chi connectivity index (χ2v) is 9.19. The highest BCUT2D eigenvalue weighted by molar-refractivity contribution is 5.89. The standard InChI is InChI=1S/C24H33NO5/c1-3-29-22(26)18-6-4-5-17(13-18)21-10-12-25(14-16(21)2)20-9-11-24(23(27)28,30-15-20)19-7-8-19/h4-6,13,16,19-21H,3,7-12,14-15H2,1-2H3,(H,27,28)/t16-,20+,21-,24-/m0/s1. The molecular weight excluding hydrogens is 382 g/mol. The lowest BCUT2D eigenvalue weighted by Gasteiger charge is -2.45. The molecule has 3 aliphatic rings. The summed E-state index contributed by atoms with van der Waals surface area (Å²) in [4.78, 5) is 26.4. The number of benzene rings is 1. The van der Waals surface area contributed by atoms with Crippen molar-refractivity contribution in [1.29, 1.82) is 0 Å². The first-order chi connectivity index (χ1) is 14.4. The fourth-order valence-electron chi connectivity index (χ4n) is 5.40. The summed E-state index contributed by atoms with van der Waals surface area (Å²) in [6, 6.07) is 8.15. The number of carboxylic acid groups (broad SMARTS) is 1. The maximum atomic E-state index is 12.1. The van der Waals surface area contributed by atoms with E-state index in [2.05, 4.69) is 17.9 Å². The summed E-state index contributed by atoms with van der Waals surface area (Å²) < 4.78 is 11.2. The quantitative estimate of drug-likeness (QED) is 0.714. The molecule has 164 valence electrons. The number of carbonyl (C=O) groups is 2. The van der Waals surface area contributed by atoms with E-state index in [9.17, 15) is 14.7 Å². The molecule has 2 heterocycles. The molecule has 0 bridgehead atoms. The summed E-state index contributed by atoms with van der Waals surface area (Å²) in [6.45, 7) is 6.91. The molecule has 1 aliphatic carbocycles. The molecule has 4 rings (SSSR count). The Labute approximate surface area is 178 Å². The van der Waals surface area contributed by atoms with Crippen LogP contribution in [-0.4, -0.2) is 59.9 Å². The van der Waals surface area contributed by atoms with Gasteiger partial charge in [0.2, 0.25) is 0 Å². The number of rotatable bonds is 6. The van der Waals surface area contributed by atoms with Crippen LogP contribution in [0, 0.1) is 11.8 Å². The summed E-state index contributed by atoms with van der Waals surface area (Å²) in [5.74, 6) is 0.0150. The molecule has 2 aliphatic heterocycles. The van der Waals surface area contributed by atoms with Crippen molar-refractivity contribution >= 4 is 11.9 Å². The number of likely N-dealkylation sites (tertiary alicyclic amines) is 1.